The SMILES string of the molecule is Cc1nn(CCn2cc(CNCC(C)C)nn2)cc1Cl. The monoisotopic (exact) mass is 296 g/mol. The lowest BCUT2D eigenvalue weighted by atomic mass is 10.2. The number of aryl methyl sites for hydroxylation is 3. The van der Waals surface area contributed by atoms with Crippen LogP contribution in [0.5, 0.6) is 0 Å². The maximum atomic E-state index is 5.97. The number of aromatic nitrogens is 5. The second kappa shape index (κ2) is 6.85. The first-order chi connectivity index (χ1) is 9.54. The molecule has 0 saturated heterocycles. The Morgan fingerprint density at radius 1 is 1.25 bits per heavy atom. The van der Waals surface area contributed by atoms with Crippen LogP contribution in [0.3, 0.4) is 0 Å². The number of halogens is 1. The Labute approximate surface area is 124 Å². The smallest absolute Gasteiger partial charge is 0.0964 e. The number of hydrogen-bond acceptors (Lipinski definition) is 4. The van der Waals surface area contributed by atoms with E-state index >= 15 is 0 Å². The summed E-state index contributed by atoms with van der Waals surface area (Å²) in [7, 11) is 0. The fourth-order valence-corrected chi connectivity index (χ4v) is 1.98. The first-order valence-corrected chi connectivity index (χ1v) is 7.21. The molecule has 2 aromatic heterocycles. The van der Waals surface area contributed by atoms with Crippen molar-refractivity contribution in [2.24, 2.45) is 5.92 Å². The van der Waals surface area contributed by atoms with E-state index in [0.717, 1.165) is 37.6 Å². The maximum Gasteiger partial charge on any atom is 0.0964 e. The van der Waals surface area contributed by atoms with Gasteiger partial charge in [0, 0.05) is 18.9 Å². The summed E-state index contributed by atoms with van der Waals surface area (Å²) in [5.74, 6) is 0.637. The molecule has 0 atom stereocenters. The van der Waals surface area contributed by atoms with Crippen LogP contribution in [0.1, 0.15) is 25.2 Å². The van der Waals surface area contributed by atoms with Crippen molar-refractivity contribution >= 4 is 11.6 Å². The summed E-state index contributed by atoms with van der Waals surface area (Å²) in [6.07, 6.45) is 3.80. The lowest BCUT2D eigenvalue weighted by Gasteiger charge is -2.04. The lowest BCUT2D eigenvalue weighted by molar-refractivity contribution is 0.488. The Balaban J connectivity index is 1.80. The van der Waals surface area contributed by atoms with Crippen molar-refractivity contribution in [2.75, 3.05) is 6.54 Å². The highest BCUT2D eigenvalue weighted by Gasteiger charge is 2.04. The van der Waals surface area contributed by atoms with Gasteiger partial charge in [-0.25, -0.2) is 0 Å². The van der Waals surface area contributed by atoms with Crippen molar-refractivity contribution in [3.05, 3.63) is 28.8 Å². The fourth-order valence-electron chi connectivity index (χ4n) is 1.83. The Hall–Kier alpha value is -1.40. The van der Waals surface area contributed by atoms with Gasteiger partial charge in [0.25, 0.3) is 0 Å². The molecule has 0 aromatic carbocycles. The largest absolute Gasteiger partial charge is 0.311 e. The van der Waals surface area contributed by atoms with Gasteiger partial charge < -0.3 is 5.32 Å². The zero-order valence-electron chi connectivity index (χ0n) is 12.2. The Morgan fingerprint density at radius 2 is 2.00 bits per heavy atom. The van der Waals surface area contributed by atoms with Gasteiger partial charge in [-0.3, -0.25) is 9.36 Å². The van der Waals surface area contributed by atoms with Crippen molar-refractivity contribution in [3.8, 4) is 0 Å². The zero-order chi connectivity index (χ0) is 14.5. The van der Waals surface area contributed by atoms with Crippen molar-refractivity contribution < 1.29 is 0 Å². The van der Waals surface area contributed by atoms with Crippen LogP contribution in [0, 0.1) is 12.8 Å². The van der Waals surface area contributed by atoms with Gasteiger partial charge in [-0.1, -0.05) is 30.7 Å². The van der Waals surface area contributed by atoms with Crippen LogP contribution in [0.4, 0.5) is 0 Å². The van der Waals surface area contributed by atoms with Gasteiger partial charge in [0.15, 0.2) is 0 Å². The minimum atomic E-state index is 0.637. The van der Waals surface area contributed by atoms with Gasteiger partial charge in [0.05, 0.1) is 29.5 Å². The second-order valence-corrected chi connectivity index (χ2v) is 5.73. The Kier molecular flexibility index (Phi) is 5.14. The third-order valence-corrected chi connectivity index (χ3v) is 3.26. The molecule has 1 N–H and O–H groups in total. The maximum absolute atomic E-state index is 5.97. The molecule has 20 heavy (non-hydrogen) atoms. The van der Waals surface area contributed by atoms with E-state index in [4.69, 9.17) is 11.6 Å². The Morgan fingerprint density at radius 3 is 2.65 bits per heavy atom. The Bertz CT molecular complexity index is 525. The number of nitrogens with one attached hydrogen (secondary N) is 1. The molecule has 0 aliphatic heterocycles. The summed E-state index contributed by atoms with van der Waals surface area (Å²) in [5, 5.41) is 16.6. The van der Waals surface area contributed by atoms with Crippen molar-refractivity contribution in [2.45, 2.75) is 40.4 Å². The molecule has 0 amide bonds. The van der Waals surface area contributed by atoms with Crippen LogP contribution in [0.2, 0.25) is 5.02 Å². The molecule has 0 radical (unpaired) electrons. The first kappa shape index (κ1) is 15.0. The molecule has 6 nitrogen and oxygen atoms in total. The standard InChI is InChI=1S/C13H21ClN6/c1-10(2)6-15-7-12-8-20(18-16-12)5-4-19-9-13(14)11(3)17-19/h8-10,15H,4-7H2,1-3H3. The molecule has 2 rings (SSSR count). The van der Waals surface area contributed by atoms with Crippen molar-refractivity contribution in [1.29, 1.82) is 0 Å². The molecule has 0 bridgehead atoms. The lowest BCUT2D eigenvalue weighted by Crippen LogP contribution is -2.19. The molecule has 0 aliphatic rings. The summed E-state index contributed by atoms with van der Waals surface area (Å²) in [4.78, 5) is 0. The van der Waals surface area contributed by atoms with E-state index in [2.05, 4.69) is 34.6 Å². The van der Waals surface area contributed by atoms with E-state index in [9.17, 15) is 0 Å². The third kappa shape index (κ3) is 4.31. The van der Waals surface area contributed by atoms with Gasteiger partial charge in [-0.05, 0) is 19.4 Å². The van der Waals surface area contributed by atoms with Crippen molar-refractivity contribution in [3.63, 3.8) is 0 Å². The van der Waals surface area contributed by atoms with Crippen LogP contribution < -0.4 is 5.32 Å². The van der Waals surface area contributed by atoms with E-state index in [1.165, 1.54) is 0 Å². The third-order valence-electron chi connectivity index (χ3n) is 2.89. The first-order valence-electron chi connectivity index (χ1n) is 6.84. The van der Waals surface area contributed by atoms with Gasteiger partial charge in [0.2, 0.25) is 0 Å². The van der Waals surface area contributed by atoms with Crippen molar-refractivity contribution in [1.82, 2.24) is 30.1 Å². The minimum absolute atomic E-state index is 0.637. The summed E-state index contributed by atoms with van der Waals surface area (Å²) in [5.41, 5.74) is 1.81. The van der Waals surface area contributed by atoms with E-state index in [1.807, 2.05) is 28.7 Å². The van der Waals surface area contributed by atoms with Gasteiger partial charge in [-0.2, -0.15) is 5.10 Å². The van der Waals surface area contributed by atoms with Crippen LogP contribution in [0.15, 0.2) is 12.4 Å². The molecule has 2 aromatic rings. The quantitative estimate of drug-likeness (QED) is 0.847. The van der Waals surface area contributed by atoms with Crippen LogP contribution in [-0.4, -0.2) is 31.3 Å². The molecular formula is C13H21ClN6. The average molecular weight is 297 g/mol. The van der Waals surface area contributed by atoms with Crippen LogP contribution in [-0.2, 0) is 19.6 Å². The van der Waals surface area contributed by atoms with E-state index in [-0.39, 0.29) is 0 Å². The molecule has 0 aliphatic carbocycles. The predicted molar refractivity (Wildman–Crippen MR) is 78.5 cm³/mol. The molecule has 0 saturated carbocycles. The molecule has 110 valence electrons. The molecular weight excluding hydrogens is 276 g/mol. The minimum Gasteiger partial charge on any atom is -0.311 e. The second-order valence-electron chi connectivity index (χ2n) is 5.32. The number of rotatable bonds is 7. The molecule has 0 unspecified atom stereocenters. The molecule has 2 heterocycles. The van der Waals surface area contributed by atoms with Crippen LogP contribution in [0.25, 0.3) is 0 Å². The number of nitrogens with zero attached hydrogens (tertiary/aromatic N) is 5. The molecule has 0 fully saturated rings. The van der Waals surface area contributed by atoms with Crippen LogP contribution >= 0.6 is 11.6 Å². The summed E-state index contributed by atoms with van der Waals surface area (Å²) in [6, 6.07) is 0. The zero-order valence-corrected chi connectivity index (χ0v) is 12.9. The topological polar surface area (TPSA) is 60.6 Å². The predicted octanol–water partition coefficient (Wildman–Crippen LogP) is 1.88. The molecule has 7 heteroatoms. The van der Waals surface area contributed by atoms with Gasteiger partial charge in [0.1, 0.15) is 0 Å². The van der Waals surface area contributed by atoms with E-state index < -0.39 is 0 Å². The van der Waals surface area contributed by atoms with E-state index in [1.54, 1.807) is 0 Å². The number of hydrogen-bond donors (Lipinski definition) is 1. The summed E-state index contributed by atoms with van der Waals surface area (Å²) < 4.78 is 3.66. The van der Waals surface area contributed by atoms with Gasteiger partial charge in [-0.15, -0.1) is 5.10 Å². The summed E-state index contributed by atoms with van der Waals surface area (Å²) in [6.45, 7) is 9.46. The average Bonchev–Trinajstić information content (AvgIpc) is 2.95. The fraction of sp³-hybridized carbons (Fsp3) is 0.615. The normalized spacial score (nSPS) is 11.4. The molecule has 0 spiro atoms. The van der Waals surface area contributed by atoms with E-state index in [0.29, 0.717) is 10.9 Å². The highest BCUT2D eigenvalue weighted by Crippen LogP contribution is 2.11. The summed E-state index contributed by atoms with van der Waals surface area (Å²) >= 11 is 5.97. The van der Waals surface area contributed by atoms with Gasteiger partial charge >= 0.3 is 0 Å². The highest BCUT2D eigenvalue weighted by molar-refractivity contribution is 6.31. The highest BCUT2D eigenvalue weighted by atomic mass is 35.5.